The van der Waals surface area contributed by atoms with E-state index in [9.17, 15) is 9.59 Å². The van der Waals surface area contributed by atoms with Crippen LogP contribution in [0.5, 0.6) is 0 Å². The molecule has 3 aromatic rings. The second-order valence-electron chi connectivity index (χ2n) is 5.19. The molecule has 2 heterocycles. The van der Waals surface area contributed by atoms with Crippen molar-refractivity contribution in [3.63, 3.8) is 0 Å². The number of benzene rings is 1. The van der Waals surface area contributed by atoms with Crippen LogP contribution in [0.3, 0.4) is 0 Å². The summed E-state index contributed by atoms with van der Waals surface area (Å²) < 4.78 is 3.54. The first-order chi connectivity index (χ1) is 10.6. The highest BCUT2D eigenvalue weighted by atomic mass is 32.1. The standard InChI is InChI=1S/C16H17N3O2S/c1-10-15-14(11-6-3-4-7-12(11)22-15)16(21)19(18-10)9-5-8-13(20)17-2/h3-4,6-7H,5,8-9H2,1-2H3,(H,17,20). The van der Waals surface area contributed by atoms with Crippen molar-refractivity contribution in [2.24, 2.45) is 0 Å². The van der Waals surface area contributed by atoms with Gasteiger partial charge in [0.15, 0.2) is 0 Å². The number of rotatable bonds is 4. The lowest BCUT2D eigenvalue weighted by Gasteiger charge is -2.06. The number of carbonyl (C=O) groups excluding carboxylic acids is 1. The van der Waals surface area contributed by atoms with E-state index in [2.05, 4.69) is 10.4 Å². The highest BCUT2D eigenvalue weighted by Crippen LogP contribution is 2.32. The van der Waals surface area contributed by atoms with Gasteiger partial charge in [-0.05, 0) is 19.4 Å². The molecule has 0 bridgehead atoms. The number of aromatic nitrogens is 2. The van der Waals surface area contributed by atoms with Crippen molar-refractivity contribution in [3.8, 4) is 0 Å². The Morgan fingerprint density at radius 1 is 1.36 bits per heavy atom. The summed E-state index contributed by atoms with van der Waals surface area (Å²) in [6.45, 7) is 2.37. The Hall–Kier alpha value is -2.21. The second kappa shape index (κ2) is 5.88. The maximum absolute atomic E-state index is 12.7. The zero-order valence-corrected chi connectivity index (χ0v) is 13.4. The van der Waals surface area contributed by atoms with Crippen molar-refractivity contribution in [1.29, 1.82) is 0 Å². The summed E-state index contributed by atoms with van der Waals surface area (Å²) in [5.41, 5.74) is 0.783. The zero-order chi connectivity index (χ0) is 15.7. The lowest BCUT2D eigenvalue weighted by Crippen LogP contribution is -2.25. The Bertz CT molecular complexity index is 911. The molecule has 6 heteroatoms. The van der Waals surface area contributed by atoms with Gasteiger partial charge < -0.3 is 5.32 Å². The van der Waals surface area contributed by atoms with Crippen LogP contribution in [0.25, 0.3) is 20.2 Å². The first-order valence-corrected chi connectivity index (χ1v) is 8.03. The molecule has 1 aromatic carbocycles. The summed E-state index contributed by atoms with van der Waals surface area (Å²) in [5.74, 6) is -0.0215. The van der Waals surface area contributed by atoms with E-state index in [0.717, 1.165) is 25.9 Å². The number of carbonyl (C=O) groups is 1. The van der Waals surface area contributed by atoms with Gasteiger partial charge in [-0.1, -0.05) is 18.2 Å². The predicted molar refractivity (Wildman–Crippen MR) is 89.4 cm³/mol. The van der Waals surface area contributed by atoms with E-state index in [4.69, 9.17) is 0 Å². The zero-order valence-electron chi connectivity index (χ0n) is 12.5. The van der Waals surface area contributed by atoms with Gasteiger partial charge in [-0.15, -0.1) is 11.3 Å². The molecule has 0 saturated carbocycles. The molecule has 114 valence electrons. The van der Waals surface area contributed by atoms with Gasteiger partial charge in [-0.3, -0.25) is 9.59 Å². The van der Waals surface area contributed by atoms with Crippen LogP contribution in [-0.2, 0) is 11.3 Å². The van der Waals surface area contributed by atoms with Crippen LogP contribution in [0.4, 0.5) is 0 Å². The van der Waals surface area contributed by atoms with Crippen LogP contribution in [0.1, 0.15) is 18.5 Å². The fourth-order valence-electron chi connectivity index (χ4n) is 2.58. The van der Waals surface area contributed by atoms with E-state index < -0.39 is 0 Å². The highest BCUT2D eigenvalue weighted by molar-refractivity contribution is 7.26. The molecule has 22 heavy (non-hydrogen) atoms. The smallest absolute Gasteiger partial charge is 0.276 e. The van der Waals surface area contributed by atoms with Crippen molar-refractivity contribution in [2.45, 2.75) is 26.3 Å². The van der Waals surface area contributed by atoms with Crippen LogP contribution in [0.2, 0.25) is 0 Å². The molecule has 1 N–H and O–H groups in total. The molecule has 3 rings (SSSR count). The fourth-order valence-corrected chi connectivity index (χ4v) is 3.71. The Morgan fingerprint density at radius 2 is 2.14 bits per heavy atom. The van der Waals surface area contributed by atoms with Crippen LogP contribution in [0, 0.1) is 6.92 Å². The van der Waals surface area contributed by atoms with Crippen molar-refractivity contribution in [2.75, 3.05) is 7.05 Å². The number of thiophene rings is 1. The Morgan fingerprint density at radius 3 is 2.91 bits per heavy atom. The van der Waals surface area contributed by atoms with E-state index in [1.165, 1.54) is 4.68 Å². The largest absolute Gasteiger partial charge is 0.359 e. The third-order valence-corrected chi connectivity index (χ3v) is 4.98. The number of nitrogens with one attached hydrogen (secondary N) is 1. The predicted octanol–water partition coefficient (Wildman–Crippen LogP) is 2.45. The lowest BCUT2D eigenvalue weighted by atomic mass is 10.2. The molecular formula is C16H17N3O2S. The average molecular weight is 315 g/mol. The van der Waals surface area contributed by atoms with Crippen molar-refractivity contribution < 1.29 is 4.79 Å². The maximum Gasteiger partial charge on any atom is 0.276 e. The maximum atomic E-state index is 12.7. The monoisotopic (exact) mass is 315 g/mol. The molecule has 0 radical (unpaired) electrons. The topological polar surface area (TPSA) is 64.0 Å². The first kappa shape index (κ1) is 14.7. The molecule has 0 atom stereocenters. The minimum Gasteiger partial charge on any atom is -0.359 e. The summed E-state index contributed by atoms with van der Waals surface area (Å²) in [6.07, 6.45) is 0.992. The third-order valence-electron chi connectivity index (χ3n) is 3.70. The molecule has 5 nitrogen and oxygen atoms in total. The number of aryl methyl sites for hydroxylation is 2. The summed E-state index contributed by atoms with van der Waals surface area (Å²) in [5, 5.41) is 8.71. The molecule has 0 saturated heterocycles. The van der Waals surface area contributed by atoms with Crippen LogP contribution in [0.15, 0.2) is 29.1 Å². The number of nitrogens with zero attached hydrogens (tertiary/aromatic N) is 2. The van der Waals surface area contributed by atoms with E-state index in [0.29, 0.717) is 19.4 Å². The minimum atomic E-state index is -0.0741. The molecule has 0 fully saturated rings. The second-order valence-corrected chi connectivity index (χ2v) is 6.24. The lowest BCUT2D eigenvalue weighted by molar-refractivity contribution is -0.120. The van der Waals surface area contributed by atoms with E-state index in [-0.39, 0.29) is 11.5 Å². The summed E-state index contributed by atoms with van der Waals surface area (Å²) in [6, 6.07) is 7.92. The average Bonchev–Trinajstić information content (AvgIpc) is 2.92. The van der Waals surface area contributed by atoms with Gasteiger partial charge in [0.05, 0.1) is 15.8 Å². The Kier molecular flexibility index (Phi) is 3.94. The summed E-state index contributed by atoms with van der Waals surface area (Å²) in [7, 11) is 1.61. The normalized spacial score (nSPS) is 11.2. The number of fused-ring (bicyclic) bond motifs is 3. The molecule has 0 unspecified atom stereocenters. The van der Waals surface area contributed by atoms with Crippen LogP contribution < -0.4 is 10.9 Å². The van der Waals surface area contributed by atoms with Crippen LogP contribution >= 0.6 is 11.3 Å². The van der Waals surface area contributed by atoms with Gasteiger partial charge in [-0.25, -0.2) is 4.68 Å². The van der Waals surface area contributed by atoms with Gasteiger partial charge in [-0.2, -0.15) is 5.10 Å². The van der Waals surface area contributed by atoms with Gasteiger partial charge in [0, 0.05) is 30.1 Å². The van der Waals surface area contributed by atoms with Crippen LogP contribution in [-0.4, -0.2) is 22.7 Å². The molecule has 0 spiro atoms. The number of hydrogen-bond acceptors (Lipinski definition) is 4. The fraction of sp³-hybridized carbons (Fsp3) is 0.312. The minimum absolute atomic E-state index is 0.0215. The van der Waals surface area contributed by atoms with Gasteiger partial charge in [0.1, 0.15) is 0 Å². The first-order valence-electron chi connectivity index (χ1n) is 7.21. The van der Waals surface area contributed by atoms with Crippen molar-refractivity contribution in [3.05, 3.63) is 40.3 Å². The van der Waals surface area contributed by atoms with E-state index in [1.807, 2.05) is 31.2 Å². The van der Waals surface area contributed by atoms with E-state index >= 15 is 0 Å². The number of amides is 1. The quantitative estimate of drug-likeness (QED) is 0.804. The van der Waals surface area contributed by atoms with Crippen molar-refractivity contribution in [1.82, 2.24) is 15.1 Å². The third kappa shape index (κ3) is 2.50. The molecule has 0 aliphatic heterocycles. The Balaban J connectivity index is 2.05. The number of hydrogen-bond donors (Lipinski definition) is 1. The summed E-state index contributed by atoms with van der Waals surface area (Å²) in [4.78, 5) is 24.0. The summed E-state index contributed by atoms with van der Waals surface area (Å²) >= 11 is 1.60. The SMILES string of the molecule is CNC(=O)CCCn1nc(C)c2sc3ccccc3c2c1=O. The Labute approximate surface area is 131 Å². The van der Waals surface area contributed by atoms with E-state index in [1.54, 1.807) is 18.4 Å². The molecule has 0 aliphatic carbocycles. The molecule has 2 aromatic heterocycles. The van der Waals surface area contributed by atoms with Gasteiger partial charge in [0.2, 0.25) is 5.91 Å². The van der Waals surface area contributed by atoms with Crippen molar-refractivity contribution >= 4 is 37.4 Å². The highest BCUT2D eigenvalue weighted by Gasteiger charge is 2.14. The molecule has 0 aliphatic rings. The molecular weight excluding hydrogens is 298 g/mol. The van der Waals surface area contributed by atoms with Gasteiger partial charge >= 0.3 is 0 Å². The molecule has 1 amide bonds. The van der Waals surface area contributed by atoms with Gasteiger partial charge in [0.25, 0.3) is 5.56 Å².